The van der Waals surface area contributed by atoms with Gasteiger partial charge in [-0.2, -0.15) is 0 Å². The summed E-state index contributed by atoms with van der Waals surface area (Å²) in [6.07, 6.45) is 0.690. The van der Waals surface area contributed by atoms with Crippen molar-refractivity contribution in [3.8, 4) is 17.2 Å². The predicted octanol–water partition coefficient (Wildman–Crippen LogP) is 6.97. The van der Waals surface area contributed by atoms with Crippen molar-refractivity contribution >= 4 is 12.1 Å². The van der Waals surface area contributed by atoms with Gasteiger partial charge in [0.1, 0.15) is 23.7 Å². The van der Waals surface area contributed by atoms with Crippen molar-refractivity contribution in [3.63, 3.8) is 0 Å². The topological polar surface area (TPSA) is 99.9 Å². The fraction of sp³-hybridized carbons (Fsp3) is 0.324. The minimum atomic E-state index is -0.554. The number of oxazole rings is 1. The molecule has 1 heterocycles. The number of esters is 1. The number of aryl methyl sites for hydroxylation is 2. The molecule has 0 aliphatic rings. The van der Waals surface area contributed by atoms with E-state index in [0.717, 1.165) is 33.7 Å². The minimum Gasteiger partial charge on any atom is -0.493 e. The lowest BCUT2D eigenvalue weighted by atomic mass is 10.0. The maximum Gasteiger partial charge on any atom is 0.407 e. The van der Waals surface area contributed by atoms with Crippen LogP contribution in [0.15, 0.2) is 83.3 Å². The molecule has 1 aromatic heterocycles. The summed E-state index contributed by atoms with van der Waals surface area (Å²) in [5.74, 6) is 1.69. The average molecular weight is 571 g/mol. The largest absolute Gasteiger partial charge is 0.493 e. The molecular formula is C34H38N2O6. The first kappa shape index (κ1) is 30.4. The summed E-state index contributed by atoms with van der Waals surface area (Å²) in [6.45, 7) is 8.20. The Hall–Kier alpha value is -4.59. The Morgan fingerprint density at radius 3 is 2.33 bits per heavy atom. The summed E-state index contributed by atoms with van der Waals surface area (Å²) in [4.78, 5) is 29.4. The van der Waals surface area contributed by atoms with Crippen LogP contribution in [0.5, 0.6) is 5.75 Å². The third-order valence-corrected chi connectivity index (χ3v) is 6.36. The Labute approximate surface area is 247 Å². The maximum atomic E-state index is 12.4. The lowest BCUT2D eigenvalue weighted by molar-refractivity contribution is -0.154. The van der Waals surface area contributed by atoms with Crippen LogP contribution < -0.4 is 10.1 Å². The molecule has 42 heavy (non-hydrogen) atoms. The van der Waals surface area contributed by atoms with Crippen molar-refractivity contribution in [1.82, 2.24) is 10.3 Å². The molecular weight excluding hydrogens is 532 g/mol. The van der Waals surface area contributed by atoms with E-state index < -0.39 is 11.7 Å². The fourth-order valence-corrected chi connectivity index (χ4v) is 4.29. The smallest absolute Gasteiger partial charge is 0.407 e. The Morgan fingerprint density at radius 2 is 1.62 bits per heavy atom. The van der Waals surface area contributed by atoms with Gasteiger partial charge in [-0.15, -0.1) is 0 Å². The third kappa shape index (κ3) is 9.51. The van der Waals surface area contributed by atoms with Crippen molar-refractivity contribution in [2.24, 2.45) is 0 Å². The molecule has 4 aromatic rings. The summed E-state index contributed by atoms with van der Waals surface area (Å²) in [5, 5.41) is 2.77. The maximum absolute atomic E-state index is 12.4. The van der Waals surface area contributed by atoms with E-state index in [1.54, 1.807) is 0 Å². The highest BCUT2D eigenvalue weighted by Crippen LogP contribution is 2.24. The zero-order valence-corrected chi connectivity index (χ0v) is 24.6. The quantitative estimate of drug-likeness (QED) is 0.184. The van der Waals surface area contributed by atoms with E-state index in [-0.39, 0.29) is 19.0 Å². The molecule has 0 radical (unpaired) electrons. The molecule has 8 nitrogen and oxygen atoms in total. The number of benzene rings is 3. The molecule has 0 fully saturated rings. The third-order valence-electron chi connectivity index (χ3n) is 6.36. The number of aromatic nitrogens is 1. The SMILES string of the molecule is Cc1oc(-c2ccccc2)nc1CCOc1ccc(CCC(=O)OC(C)(C)C)c(COC(=O)NCc2ccccc2)c1. The van der Waals surface area contributed by atoms with Crippen LogP contribution in [0, 0.1) is 6.92 Å². The van der Waals surface area contributed by atoms with Crippen LogP contribution in [0.4, 0.5) is 4.79 Å². The molecule has 0 aliphatic heterocycles. The van der Waals surface area contributed by atoms with Crippen LogP contribution in [-0.4, -0.2) is 29.3 Å². The number of hydrogen-bond acceptors (Lipinski definition) is 7. The van der Waals surface area contributed by atoms with Crippen LogP contribution in [0.3, 0.4) is 0 Å². The molecule has 0 atom stereocenters. The Balaban J connectivity index is 1.38. The number of rotatable bonds is 12. The van der Waals surface area contributed by atoms with Gasteiger partial charge in [0, 0.05) is 24.9 Å². The Kier molecular flexibility index (Phi) is 10.4. The first-order valence-electron chi connectivity index (χ1n) is 14.1. The molecule has 0 unspecified atom stereocenters. The van der Waals surface area contributed by atoms with Crippen molar-refractivity contribution in [3.05, 3.63) is 107 Å². The predicted molar refractivity (Wildman–Crippen MR) is 160 cm³/mol. The van der Waals surface area contributed by atoms with E-state index in [1.807, 2.05) is 107 Å². The van der Waals surface area contributed by atoms with E-state index in [4.69, 9.17) is 18.6 Å². The average Bonchev–Trinajstić information content (AvgIpc) is 3.34. The van der Waals surface area contributed by atoms with Crippen LogP contribution in [0.2, 0.25) is 0 Å². The summed E-state index contributed by atoms with van der Waals surface area (Å²) < 4.78 is 22.9. The summed E-state index contributed by atoms with van der Waals surface area (Å²) in [7, 11) is 0. The minimum absolute atomic E-state index is 0.0320. The van der Waals surface area contributed by atoms with Gasteiger partial charge in [0.2, 0.25) is 5.89 Å². The van der Waals surface area contributed by atoms with E-state index >= 15 is 0 Å². The highest BCUT2D eigenvalue weighted by atomic mass is 16.6. The van der Waals surface area contributed by atoms with Crippen molar-refractivity contribution in [1.29, 1.82) is 0 Å². The van der Waals surface area contributed by atoms with Crippen LogP contribution >= 0.6 is 0 Å². The van der Waals surface area contributed by atoms with Gasteiger partial charge in [0.25, 0.3) is 0 Å². The van der Waals surface area contributed by atoms with Gasteiger partial charge in [-0.1, -0.05) is 54.6 Å². The van der Waals surface area contributed by atoms with Gasteiger partial charge in [-0.3, -0.25) is 4.79 Å². The number of hydrogen-bond donors (Lipinski definition) is 1. The second-order valence-electron chi connectivity index (χ2n) is 10.9. The molecule has 0 spiro atoms. The normalized spacial score (nSPS) is 11.1. The number of alkyl carbamates (subject to hydrolysis) is 1. The van der Waals surface area contributed by atoms with E-state index in [1.165, 1.54) is 0 Å². The zero-order valence-electron chi connectivity index (χ0n) is 24.6. The lowest BCUT2D eigenvalue weighted by Gasteiger charge is -2.19. The van der Waals surface area contributed by atoms with E-state index in [9.17, 15) is 9.59 Å². The van der Waals surface area contributed by atoms with Gasteiger partial charge in [0.15, 0.2) is 0 Å². The summed E-state index contributed by atoms with van der Waals surface area (Å²) >= 11 is 0. The van der Waals surface area contributed by atoms with E-state index in [2.05, 4.69) is 10.3 Å². The number of nitrogens with zero attached hydrogens (tertiary/aromatic N) is 1. The summed E-state index contributed by atoms with van der Waals surface area (Å²) in [5.41, 5.74) is 3.82. The molecule has 8 heteroatoms. The van der Waals surface area contributed by atoms with Crippen LogP contribution in [0.1, 0.15) is 55.3 Å². The van der Waals surface area contributed by atoms with Gasteiger partial charge in [-0.25, -0.2) is 9.78 Å². The molecule has 1 N–H and O–H groups in total. The molecule has 220 valence electrons. The van der Waals surface area contributed by atoms with Gasteiger partial charge in [-0.05, 0) is 75.1 Å². The standard InChI is InChI=1S/C34H38N2O6/c1-24-30(36-32(41-24)27-13-9-6-10-14-27)19-20-39-29-17-15-26(16-18-31(37)42-34(2,3)4)28(21-29)23-40-33(38)35-22-25-11-7-5-8-12-25/h5-15,17,21H,16,18-20,22-23H2,1-4H3,(H,35,38). The lowest BCUT2D eigenvalue weighted by Crippen LogP contribution is -2.24. The number of nitrogens with one attached hydrogen (secondary N) is 1. The van der Waals surface area contributed by atoms with Gasteiger partial charge < -0.3 is 23.9 Å². The number of carbonyl (C=O) groups is 2. The number of carbonyl (C=O) groups excluding carboxylic acids is 2. The van der Waals surface area contributed by atoms with Crippen molar-refractivity contribution in [2.75, 3.05) is 6.61 Å². The Morgan fingerprint density at radius 1 is 0.905 bits per heavy atom. The molecule has 1 amide bonds. The molecule has 4 rings (SSSR count). The highest BCUT2D eigenvalue weighted by molar-refractivity contribution is 5.70. The molecule has 0 saturated carbocycles. The van der Waals surface area contributed by atoms with Gasteiger partial charge >= 0.3 is 12.1 Å². The van der Waals surface area contributed by atoms with Gasteiger partial charge in [0.05, 0.1) is 12.3 Å². The molecule has 3 aromatic carbocycles. The fourth-order valence-electron chi connectivity index (χ4n) is 4.29. The summed E-state index contributed by atoms with van der Waals surface area (Å²) in [6, 6.07) is 25.0. The first-order valence-corrected chi connectivity index (χ1v) is 14.1. The van der Waals surface area contributed by atoms with Crippen molar-refractivity contribution < 1.29 is 28.2 Å². The zero-order chi connectivity index (χ0) is 30.0. The van der Waals surface area contributed by atoms with E-state index in [0.29, 0.717) is 37.6 Å². The molecule has 0 saturated heterocycles. The van der Waals surface area contributed by atoms with Crippen LogP contribution in [-0.2, 0) is 40.3 Å². The molecule has 0 bridgehead atoms. The second kappa shape index (κ2) is 14.3. The second-order valence-corrected chi connectivity index (χ2v) is 10.9. The highest BCUT2D eigenvalue weighted by Gasteiger charge is 2.17. The monoisotopic (exact) mass is 570 g/mol. The Bertz CT molecular complexity index is 1460. The number of ether oxygens (including phenoxy) is 3. The first-order chi connectivity index (χ1) is 20.2. The molecule has 0 aliphatic carbocycles. The van der Waals surface area contributed by atoms with Crippen LogP contribution in [0.25, 0.3) is 11.5 Å². The van der Waals surface area contributed by atoms with Crippen molar-refractivity contribution in [2.45, 2.75) is 65.7 Å². The number of amides is 1.